The van der Waals surface area contributed by atoms with Crippen LogP contribution in [0.1, 0.15) is 39.3 Å². The Labute approximate surface area is 84.1 Å². The fraction of sp³-hybridized carbons (Fsp3) is 0.600. The first-order chi connectivity index (χ1) is 5.82. The molecule has 1 rings (SSSR count). The summed E-state index contributed by atoms with van der Waals surface area (Å²) in [5.74, 6) is 0. The van der Waals surface area contributed by atoms with Gasteiger partial charge in [-0.1, -0.05) is 11.6 Å². The van der Waals surface area contributed by atoms with E-state index in [0.29, 0.717) is 11.2 Å². The highest BCUT2D eigenvalue weighted by Gasteiger charge is 2.19. The minimum absolute atomic E-state index is 0.323. The molecule has 0 spiro atoms. The molecule has 74 valence electrons. The van der Waals surface area contributed by atoms with Crippen molar-refractivity contribution in [1.82, 2.24) is 4.57 Å². The lowest BCUT2D eigenvalue weighted by Gasteiger charge is -2.15. The van der Waals surface area contributed by atoms with E-state index < -0.39 is 5.60 Å². The molecule has 0 saturated heterocycles. The van der Waals surface area contributed by atoms with E-state index in [9.17, 15) is 5.11 Å². The number of hydrogen-bond donors (Lipinski definition) is 1. The number of aliphatic hydroxyl groups is 1. The zero-order valence-electron chi connectivity index (χ0n) is 8.50. The van der Waals surface area contributed by atoms with Crippen LogP contribution < -0.4 is 0 Å². The maximum Gasteiger partial charge on any atom is 0.109 e. The van der Waals surface area contributed by atoms with Crippen molar-refractivity contribution in [3.8, 4) is 0 Å². The third-order valence-corrected chi connectivity index (χ3v) is 2.37. The van der Waals surface area contributed by atoms with Crippen LogP contribution in [0.3, 0.4) is 0 Å². The molecule has 0 bridgehead atoms. The van der Waals surface area contributed by atoms with Crippen molar-refractivity contribution in [2.45, 2.75) is 39.3 Å². The van der Waals surface area contributed by atoms with Gasteiger partial charge in [0.1, 0.15) is 5.15 Å². The van der Waals surface area contributed by atoms with Gasteiger partial charge in [-0.25, -0.2) is 0 Å². The van der Waals surface area contributed by atoms with Crippen molar-refractivity contribution >= 4 is 11.6 Å². The fourth-order valence-corrected chi connectivity index (χ4v) is 1.54. The molecule has 0 saturated carbocycles. The van der Waals surface area contributed by atoms with Gasteiger partial charge in [0.25, 0.3) is 0 Å². The Morgan fingerprint density at radius 2 is 2.00 bits per heavy atom. The lowest BCUT2D eigenvalue weighted by atomic mass is 10.0. The molecule has 0 aliphatic rings. The molecule has 3 heteroatoms. The maximum absolute atomic E-state index is 9.74. The van der Waals surface area contributed by atoms with Gasteiger partial charge in [0.2, 0.25) is 0 Å². The standard InChI is InChI=1S/C10H16ClNO/c1-7(2)12-6-8(5-9(12)11)10(3,4)13/h5-7,13H,1-4H3. The van der Waals surface area contributed by atoms with Crippen LogP contribution in [0.25, 0.3) is 0 Å². The van der Waals surface area contributed by atoms with Gasteiger partial charge >= 0.3 is 0 Å². The molecule has 0 radical (unpaired) electrons. The summed E-state index contributed by atoms with van der Waals surface area (Å²) >= 11 is 6.00. The molecule has 1 N–H and O–H groups in total. The molecule has 2 nitrogen and oxygen atoms in total. The Hall–Kier alpha value is -0.470. The summed E-state index contributed by atoms with van der Waals surface area (Å²) in [5.41, 5.74) is 0.0373. The molecule has 0 fully saturated rings. The largest absolute Gasteiger partial charge is 0.386 e. The van der Waals surface area contributed by atoms with Crippen molar-refractivity contribution in [3.63, 3.8) is 0 Å². The molecule has 0 unspecified atom stereocenters. The van der Waals surface area contributed by atoms with E-state index in [1.54, 1.807) is 13.8 Å². The second-order valence-electron chi connectivity index (χ2n) is 4.11. The molecule has 0 aliphatic heterocycles. The monoisotopic (exact) mass is 201 g/mol. The summed E-state index contributed by atoms with van der Waals surface area (Å²) in [7, 11) is 0. The van der Waals surface area contributed by atoms with Crippen molar-refractivity contribution in [2.75, 3.05) is 0 Å². The van der Waals surface area contributed by atoms with Crippen LogP contribution >= 0.6 is 11.6 Å². The van der Waals surface area contributed by atoms with Crippen LogP contribution in [0, 0.1) is 0 Å². The second kappa shape index (κ2) is 3.35. The Kier molecular flexibility index (Phi) is 2.74. The SMILES string of the molecule is CC(C)n1cc(C(C)(C)O)cc1Cl. The predicted octanol–water partition coefficient (Wildman–Crippen LogP) is 2.95. The van der Waals surface area contributed by atoms with Gasteiger partial charge in [-0.3, -0.25) is 0 Å². The molecular formula is C10H16ClNO. The van der Waals surface area contributed by atoms with Gasteiger partial charge in [0, 0.05) is 17.8 Å². The number of aromatic nitrogens is 1. The van der Waals surface area contributed by atoms with Crippen LogP contribution in [0.15, 0.2) is 12.3 Å². The Morgan fingerprint density at radius 3 is 2.23 bits per heavy atom. The molecule has 0 amide bonds. The summed E-state index contributed by atoms with van der Waals surface area (Å²) in [5, 5.41) is 10.4. The summed E-state index contributed by atoms with van der Waals surface area (Å²) in [6, 6.07) is 2.13. The van der Waals surface area contributed by atoms with Gasteiger partial charge in [0.15, 0.2) is 0 Å². The lowest BCUT2D eigenvalue weighted by molar-refractivity contribution is 0.0785. The van der Waals surface area contributed by atoms with Gasteiger partial charge in [-0.2, -0.15) is 0 Å². The topological polar surface area (TPSA) is 25.2 Å². The number of hydrogen-bond acceptors (Lipinski definition) is 1. The third kappa shape index (κ3) is 2.26. The Bertz CT molecular complexity index is 296. The minimum Gasteiger partial charge on any atom is -0.386 e. The van der Waals surface area contributed by atoms with E-state index in [0.717, 1.165) is 5.56 Å². The van der Waals surface area contributed by atoms with Crippen LogP contribution in [-0.4, -0.2) is 9.67 Å². The van der Waals surface area contributed by atoms with E-state index in [4.69, 9.17) is 11.6 Å². The van der Waals surface area contributed by atoms with E-state index in [1.807, 2.05) is 16.8 Å². The summed E-state index contributed by atoms with van der Waals surface area (Å²) in [6.07, 6.45) is 1.90. The molecular weight excluding hydrogens is 186 g/mol. The lowest BCUT2D eigenvalue weighted by Crippen LogP contribution is -2.14. The fourth-order valence-electron chi connectivity index (χ4n) is 1.18. The summed E-state index contributed by atoms with van der Waals surface area (Å²) < 4.78 is 1.94. The quantitative estimate of drug-likeness (QED) is 0.782. The number of halogens is 1. The maximum atomic E-state index is 9.74. The zero-order chi connectivity index (χ0) is 10.2. The van der Waals surface area contributed by atoms with E-state index in [-0.39, 0.29) is 0 Å². The first-order valence-electron chi connectivity index (χ1n) is 4.42. The van der Waals surface area contributed by atoms with Crippen LogP contribution in [-0.2, 0) is 5.60 Å². The van der Waals surface area contributed by atoms with Gasteiger partial charge < -0.3 is 9.67 Å². The van der Waals surface area contributed by atoms with Crippen LogP contribution in [0.4, 0.5) is 0 Å². The predicted molar refractivity (Wildman–Crippen MR) is 55.1 cm³/mol. The van der Waals surface area contributed by atoms with Crippen molar-refractivity contribution < 1.29 is 5.11 Å². The van der Waals surface area contributed by atoms with Crippen molar-refractivity contribution in [2.24, 2.45) is 0 Å². The van der Waals surface area contributed by atoms with E-state index >= 15 is 0 Å². The average Bonchev–Trinajstić information content (AvgIpc) is 2.29. The Balaban J connectivity index is 3.10. The molecule has 0 aromatic carbocycles. The molecule has 13 heavy (non-hydrogen) atoms. The zero-order valence-corrected chi connectivity index (χ0v) is 9.26. The smallest absolute Gasteiger partial charge is 0.109 e. The highest BCUT2D eigenvalue weighted by Crippen LogP contribution is 2.26. The molecule has 0 aliphatic carbocycles. The first kappa shape index (κ1) is 10.6. The summed E-state index contributed by atoms with van der Waals surface area (Å²) in [6.45, 7) is 7.62. The highest BCUT2D eigenvalue weighted by molar-refractivity contribution is 6.29. The highest BCUT2D eigenvalue weighted by atomic mass is 35.5. The van der Waals surface area contributed by atoms with E-state index in [1.165, 1.54) is 0 Å². The van der Waals surface area contributed by atoms with Gasteiger partial charge in [0.05, 0.1) is 5.60 Å². The number of nitrogens with zero attached hydrogens (tertiary/aromatic N) is 1. The van der Waals surface area contributed by atoms with Gasteiger partial charge in [-0.15, -0.1) is 0 Å². The first-order valence-corrected chi connectivity index (χ1v) is 4.80. The van der Waals surface area contributed by atoms with Crippen molar-refractivity contribution in [1.29, 1.82) is 0 Å². The van der Waals surface area contributed by atoms with Gasteiger partial charge in [-0.05, 0) is 33.8 Å². The van der Waals surface area contributed by atoms with Crippen LogP contribution in [0.5, 0.6) is 0 Å². The summed E-state index contributed by atoms with van der Waals surface area (Å²) in [4.78, 5) is 0. The molecule has 1 aromatic rings. The van der Waals surface area contributed by atoms with E-state index in [2.05, 4.69) is 13.8 Å². The average molecular weight is 202 g/mol. The second-order valence-corrected chi connectivity index (χ2v) is 4.50. The molecule has 0 atom stereocenters. The normalized spacial score (nSPS) is 12.5. The number of rotatable bonds is 2. The minimum atomic E-state index is -0.816. The van der Waals surface area contributed by atoms with Crippen molar-refractivity contribution in [3.05, 3.63) is 23.0 Å². The molecule has 1 aromatic heterocycles. The molecule has 1 heterocycles. The van der Waals surface area contributed by atoms with Crippen LogP contribution in [0.2, 0.25) is 5.15 Å². The Morgan fingerprint density at radius 1 is 1.46 bits per heavy atom. The third-order valence-electron chi connectivity index (χ3n) is 2.06.